The average Bonchev–Trinajstić information content (AvgIpc) is 2.89. The van der Waals surface area contributed by atoms with Crippen molar-refractivity contribution in [2.45, 2.75) is 12.6 Å². The zero-order valence-electron chi connectivity index (χ0n) is 10.3. The van der Waals surface area contributed by atoms with Crippen LogP contribution in [0.5, 0.6) is 0 Å². The number of hydrogen-bond acceptors (Lipinski definition) is 7. The molecule has 0 amide bonds. The Kier molecular flexibility index (Phi) is 4.14. The Hall–Kier alpha value is -0.630. The van der Waals surface area contributed by atoms with Crippen LogP contribution in [0, 0.1) is 0 Å². The summed E-state index contributed by atoms with van der Waals surface area (Å²) in [4.78, 5) is 6.77. The lowest BCUT2D eigenvalue weighted by molar-refractivity contribution is 0.0677. The number of rotatable bonds is 3. The normalized spacial score (nSPS) is 26.3. The number of nitrogens with zero attached hydrogens (tertiary/aromatic N) is 3. The first-order valence-corrected chi connectivity index (χ1v) is 7.52. The van der Waals surface area contributed by atoms with E-state index in [-0.39, 0.29) is 6.10 Å². The van der Waals surface area contributed by atoms with E-state index in [4.69, 9.17) is 9.26 Å². The van der Waals surface area contributed by atoms with Gasteiger partial charge in [0, 0.05) is 37.7 Å². The molecule has 3 heterocycles. The number of aromatic nitrogens is 2. The fraction of sp³-hybridized carbons (Fsp3) is 0.818. The number of piperazine rings is 1. The highest BCUT2D eigenvalue weighted by molar-refractivity contribution is 7.99. The first kappa shape index (κ1) is 12.4. The highest BCUT2D eigenvalue weighted by Gasteiger charge is 2.22. The highest BCUT2D eigenvalue weighted by Crippen LogP contribution is 2.24. The van der Waals surface area contributed by atoms with Crippen molar-refractivity contribution < 1.29 is 9.26 Å². The van der Waals surface area contributed by atoms with Crippen LogP contribution in [0.4, 0.5) is 0 Å². The quantitative estimate of drug-likeness (QED) is 0.846. The van der Waals surface area contributed by atoms with Crippen molar-refractivity contribution in [3.05, 3.63) is 11.7 Å². The molecule has 0 radical (unpaired) electrons. The molecule has 0 spiro atoms. The van der Waals surface area contributed by atoms with E-state index in [1.807, 2.05) is 11.8 Å². The summed E-state index contributed by atoms with van der Waals surface area (Å²) < 4.78 is 10.9. The van der Waals surface area contributed by atoms with Crippen LogP contribution in [0.25, 0.3) is 0 Å². The second-order valence-corrected chi connectivity index (χ2v) is 5.66. The molecule has 0 aliphatic carbocycles. The lowest BCUT2D eigenvalue weighted by Gasteiger charge is -2.25. The van der Waals surface area contributed by atoms with Gasteiger partial charge in [0.25, 0.3) is 0 Å². The average molecular weight is 270 g/mol. The molecule has 100 valence electrons. The van der Waals surface area contributed by atoms with Gasteiger partial charge in [-0.25, -0.2) is 0 Å². The Morgan fingerprint density at radius 2 is 2.28 bits per heavy atom. The zero-order valence-corrected chi connectivity index (χ0v) is 11.1. The summed E-state index contributed by atoms with van der Waals surface area (Å²) >= 11 is 1.88. The minimum Gasteiger partial charge on any atom is -0.368 e. The van der Waals surface area contributed by atoms with Crippen molar-refractivity contribution >= 4 is 11.8 Å². The predicted molar refractivity (Wildman–Crippen MR) is 68.5 cm³/mol. The first-order chi connectivity index (χ1) is 8.92. The molecule has 1 N–H and O–H groups in total. The molecule has 6 nitrogen and oxygen atoms in total. The molecule has 2 saturated heterocycles. The largest absolute Gasteiger partial charge is 0.368 e. The fourth-order valence-electron chi connectivity index (χ4n) is 2.16. The predicted octanol–water partition coefficient (Wildman–Crippen LogP) is 0.279. The van der Waals surface area contributed by atoms with Gasteiger partial charge >= 0.3 is 0 Å². The third kappa shape index (κ3) is 3.03. The molecule has 1 atom stereocenters. The second kappa shape index (κ2) is 6.01. The van der Waals surface area contributed by atoms with Crippen molar-refractivity contribution in [1.82, 2.24) is 20.4 Å². The van der Waals surface area contributed by atoms with E-state index in [2.05, 4.69) is 20.4 Å². The first-order valence-electron chi connectivity index (χ1n) is 6.37. The maximum Gasteiger partial charge on any atom is 0.240 e. The molecule has 1 aromatic rings. The molecule has 1 unspecified atom stereocenters. The van der Waals surface area contributed by atoms with E-state index >= 15 is 0 Å². The van der Waals surface area contributed by atoms with Gasteiger partial charge in [-0.1, -0.05) is 5.16 Å². The molecule has 3 rings (SSSR count). The SMILES string of the molecule is C1CN(Cc2nc(C3CSCCO3)no2)CCN1. The van der Waals surface area contributed by atoms with Crippen LogP contribution >= 0.6 is 11.8 Å². The van der Waals surface area contributed by atoms with E-state index in [9.17, 15) is 0 Å². The van der Waals surface area contributed by atoms with Crippen LogP contribution in [0.3, 0.4) is 0 Å². The fourth-order valence-corrected chi connectivity index (χ4v) is 3.00. The van der Waals surface area contributed by atoms with Gasteiger partial charge in [-0.3, -0.25) is 4.90 Å². The monoisotopic (exact) mass is 270 g/mol. The van der Waals surface area contributed by atoms with E-state index in [0.29, 0.717) is 11.7 Å². The van der Waals surface area contributed by atoms with Gasteiger partial charge in [-0.2, -0.15) is 16.7 Å². The molecule has 1 aromatic heterocycles. The van der Waals surface area contributed by atoms with E-state index < -0.39 is 0 Å². The molecule has 0 aromatic carbocycles. The molecule has 2 aliphatic heterocycles. The summed E-state index contributed by atoms with van der Waals surface area (Å²) in [6, 6.07) is 0. The van der Waals surface area contributed by atoms with Crippen LogP contribution in [0.1, 0.15) is 17.8 Å². The third-order valence-corrected chi connectivity index (χ3v) is 4.15. The molecular weight excluding hydrogens is 252 g/mol. The van der Waals surface area contributed by atoms with Crippen LogP contribution in [-0.2, 0) is 11.3 Å². The summed E-state index contributed by atoms with van der Waals surface area (Å²) in [6.45, 7) is 5.65. The molecule has 18 heavy (non-hydrogen) atoms. The zero-order chi connectivity index (χ0) is 12.2. The van der Waals surface area contributed by atoms with Crippen LogP contribution in [-0.4, -0.2) is 59.3 Å². The Bertz CT molecular complexity index is 375. The van der Waals surface area contributed by atoms with Gasteiger partial charge in [0.15, 0.2) is 0 Å². The Labute approximate surface area is 110 Å². The van der Waals surface area contributed by atoms with Crippen molar-refractivity contribution in [1.29, 1.82) is 0 Å². The van der Waals surface area contributed by atoms with Crippen molar-refractivity contribution in [3.8, 4) is 0 Å². The summed E-state index contributed by atoms with van der Waals surface area (Å²) in [7, 11) is 0. The summed E-state index contributed by atoms with van der Waals surface area (Å²) in [5.74, 6) is 3.38. The van der Waals surface area contributed by atoms with Gasteiger partial charge in [0.2, 0.25) is 11.7 Å². The van der Waals surface area contributed by atoms with Crippen LogP contribution in [0.2, 0.25) is 0 Å². The van der Waals surface area contributed by atoms with Crippen molar-refractivity contribution in [2.24, 2.45) is 0 Å². The second-order valence-electron chi connectivity index (χ2n) is 4.51. The van der Waals surface area contributed by atoms with E-state index in [1.54, 1.807) is 0 Å². The molecule has 2 fully saturated rings. The van der Waals surface area contributed by atoms with Gasteiger partial charge in [-0.15, -0.1) is 0 Å². The highest BCUT2D eigenvalue weighted by atomic mass is 32.2. The maximum absolute atomic E-state index is 5.64. The Morgan fingerprint density at radius 1 is 1.39 bits per heavy atom. The van der Waals surface area contributed by atoms with E-state index in [0.717, 1.165) is 50.8 Å². The van der Waals surface area contributed by atoms with Crippen molar-refractivity contribution in [3.63, 3.8) is 0 Å². The summed E-state index contributed by atoms with van der Waals surface area (Å²) in [5.41, 5.74) is 0. The van der Waals surface area contributed by atoms with E-state index in [1.165, 1.54) is 0 Å². The lowest BCUT2D eigenvalue weighted by atomic mass is 10.3. The molecule has 0 bridgehead atoms. The minimum atomic E-state index is 0.00396. The minimum absolute atomic E-state index is 0.00396. The van der Waals surface area contributed by atoms with Crippen molar-refractivity contribution in [2.75, 3.05) is 44.3 Å². The smallest absolute Gasteiger partial charge is 0.240 e. The number of ether oxygens (including phenoxy) is 1. The summed E-state index contributed by atoms with van der Waals surface area (Å²) in [6.07, 6.45) is 0.00396. The lowest BCUT2D eigenvalue weighted by Crippen LogP contribution is -2.42. The van der Waals surface area contributed by atoms with Gasteiger partial charge in [-0.05, 0) is 0 Å². The molecular formula is C11H18N4O2S. The van der Waals surface area contributed by atoms with Crippen LogP contribution < -0.4 is 5.32 Å². The number of nitrogens with one attached hydrogen (secondary N) is 1. The third-order valence-electron chi connectivity index (χ3n) is 3.16. The number of thioether (sulfide) groups is 1. The maximum atomic E-state index is 5.64. The molecule has 2 aliphatic rings. The molecule has 0 saturated carbocycles. The van der Waals surface area contributed by atoms with Gasteiger partial charge in [0.05, 0.1) is 13.2 Å². The molecule has 7 heteroatoms. The van der Waals surface area contributed by atoms with Gasteiger partial charge < -0.3 is 14.6 Å². The topological polar surface area (TPSA) is 63.4 Å². The number of hydrogen-bond donors (Lipinski definition) is 1. The standard InChI is InChI=1S/C11H18N4O2S/c1-3-15(4-2-12-1)7-10-13-11(14-17-10)9-8-18-6-5-16-9/h9,12H,1-8H2. The van der Waals surface area contributed by atoms with Gasteiger partial charge in [0.1, 0.15) is 6.10 Å². The Balaban J connectivity index is 1.58. The Morgan fingerprint density at radius 3 is 3.06 bits per heavy atom. The summed E-state index contributed by atoms with van der Waals surface area (Å²) in [5, 5.41) is 7.36. The van der Waals surface area contributed by atoms with Crippen LogP contribution in [0.15, 0.2) is 4.52 Å².